The van der Waals surface area contributed by atoms with Crippen molar-refractivity contribution >= 4 is 12.0 Å². The van der Waals surface area contributed by atoms with Crippen LogP contribution in [0.4, 0.5) is 13.6 Å². The second-order valence-electron chi connectivity index (χ2n) is 5.57. The first-order valence-corrected chi connectivity index (χ1v) is 8.06. The molecule has 0 aliphatic carbocycles. The molecular formula is C19H19F2NO4. The monoisotopic (exact) mass is 363 g/mol. The molecule has 0 aromatic heterocycles. The van der Waals surface area contributed by atoms with Gasteiger partial charge in [-0.15, -0.1) is 0 Å². The van der Waals surface area contributed by atoms with Crippen LogP contribution in [0.3, 0.4) is 0 Å². The number of hydrogen-bond acceptors (Lipinski definition) is 4. The lowest BCUT2D eigenvalue weighted by Gasteiger charge is -2.19. The zero-order valence-corrected chi connectivity index (χ0v) is 14.0. The van der Waals surface area contributed by atoms with Gasteiger partial charge < -0.3 is 9.84 Å². The summed E-state index contributed by atoms with van der Waals surface area (Å²) in [7, 11) is 0. The summed E-state index contributed by atoms with van der Waals surface area (Å²) in [4.78, 5) is 24.3. The van der Waals surface area contributed by atoms with Crippen LogP contribution in [-0.2, 0) is 16.0 Å². The zero-order chi connectivity index (χ0) is 18.9. The quantitative estimate of drug-likeness (QED) is 0.907. The highest BCUT2D eigenvalue weighted by molar-refractivity contribution is 5.93. The van der Waals surface area contributed by atoms with Gasteiger partial charge in [-0.1, -0.05) is 42.5 Å². The second kappa shape index (κ2) is 9.62. The third kappa shape index (κ3) is 5.35. The molecule has 7 heteroatoms. The van der Waals surface area contributed by atoms with Crippen LogP contribution in [0.2, 0.25) is 0 Å². The smallest absolute Gasteiger partial charge is 0.416 e. The first-order chi connectivity index (χ1) is 12.5. The van der Waals surface area contributed by atoms with E-state index < -0.39 is 17.7 Å². The van der Waals surface area contributed by atoms with E-state index >= 15 is 0 Å². The minimum absolute atomic E-state index is 0.0552. The molecule has 1 aliphatic rings. The van der Waals surface area contributed by atoms with Gasteiger partial charge in [0.25, 0.3) is 0 Å². The summed E-state index contributed by atoms with van der Waals surface area (Å²) in [6.07, 6.45) is -0.0983. The Morgan fingerprint density at radius 2 is 1.65 bits per heavy atom. The number of hydrogen-bond donors (Lipinski definition) is 1. The molecule has 1 saturated heterocycles. The van der Waals surface area contributed by atoms with Crippen molar-refractivity contribution in [1.29, 1.82) is 0 Å². The van der Waals surface area contributed by atoms with Crippen LogP contribution in [0.25, 0.3) is 0 Å². The van der Waals surface area contributed by atoms with Crippen LogP contribution >= 0.6 is 0 Å². The van der Waals surface area contributed by atoms with Crippen LogP contribution in [0, 0.1) is 11.6 Å². The fraction of sp³-hybridized carbons (Fsp3) is 0.263. The van der Waals surface area contributed by atoms with Crippen molar-refractivity contribution in [3.05, 3.63) is 71.8 Å². The van der Waals surface area contributed by atoms with Gasteiger partial charge in [0.05, 0.1) is 19.1 Å². The minimum Gasteiger partial charge on any atom is -0.447 e. The topological polar surface area (TPSA) is 66.8 Å². The Balaban J connectivity index is 0.000000254. The van der Waals surface area contributed by atoms with E-state index in [0.29, 0.717) is 6.42 Å². The average molecular weight is 363 g/mol. The Kier molecular flexibility index (Phi) is 7.23. The predicted molar refractivity (Wildman–Crippen MR) is 90.2 cm³/mol. The molecule has 0 radical (unpaired) electrons. The SMILES string of the molecule is Fc1ccccc1F.O=C(CCO)N1C(=O)OC[C@@H]1Cc1ccccc1. The standard InChI is InChI=1S/C13H15NO4.C6H4F2/c15-7-6-12(16)14-11(9-18-13(14)17)8-10-4-2-1-3-5-10;7-5-3-1-2-4-6(5)8/h1-5,11,15H,6-9H2;1-4H/t11-;/m0./s1. The molecule has 1 heterocycles. The summed E-state index contributed by atoms with van der Waals surface area (Å²) in [6.45, 7) is -0.0500. The molecular weight excluding hydrogens is 344 g/mol. The maximum Gasteiger partial charge on any atom is 0.416 e. The normalized spacial score (nSPS) is 15.9. The lowest BCUT2D eigenvalue weighted by Crippen LogP contribution is -2.40. The summed E-state index contributed by atoms with van der Waals surface area (Å²) in [5.41, 5.74) is 1.04. The fourth-order valence-corrected chi connectivity index (χ4v) is 2.46. The summed E-state index contributed by atoms with van der Waals surface area (Å²) >= 11 is 0. The summed E-state index contributed by atoms with van der Waals surface area (Å²) in [5.74, 6) is -1.99. The third-order valence-corrected chi connectivity index (χ3v) is 3.69. The summed E-state index contributed by atoms with van der Waals surface area (Å²) in [6, 6.07) is 14.4. The molecule has 2 amide bonds. The van der Waals surface area contributed by atoms with E-state index in [2.05, 4.69) is 0 Å². The van der Waals surface area contributed by atoms with E-state index in [1.165, 1.54) is 12.1 Å². The number of cyclic esters (lactones) is 1. The van der Waals surface area contributed by atoms with E-state index in [-0.39, 0.29) is 31.6 Å². The van der Waals surface area contributed by atoms with Crippen LogP contribution < -0.4 is 0 Å². The Morgan fingerprint density at radius 3 is 2.19 bits per heavy atom. The number of imide groups is 1. The predicted octanol–water partition coefficient (Wildman–Crippen LogP) is 2.92. The average Bonchev–Trinajstić information content (AvgIpc) is 2.99. The molecule has 1 fully saturated rings. The van der Waals surface area contributed by atoms with E-state index in [9.17, 15) is 18.4 Å². The van der Waals surface area contributed by atoms with E-state index in [0.717, 1.165) is 22.6 Å². The number of carbonyl (C=O) groups is 2. The van der Waals surface area contributed by atoms with Gasteiger partial charge in [-0.2, -0.15) is 0 Å². The maximum atomic E-state index is 11.9. The highest BCUT2D eigenvalue weighted by Crippen LogP contribution is 2.18. The van der Waals surface area contributed by atoms with Crippen molar-refractivity contribution < 1.29 is 28.2 Å². The lowest BCUT2D eigenvalue weighted by atomic mass is 10.1. The Labute approximate surface area is 149 Å². The Hall–Kier alpha value is -2.80. The van der Waals surface area contributed by atoms with Crippen molar-refractivity contribution in [2.75, 3.05) is 13.2 Å². The summed E-state index contributed by atoms with van der Waals surface area (Å²) in [5, 5.41) is 8.76. The third-order valence-electron chi connectivity index (χ3n) is 3.69. The molecule has 5 nitrogen and oxygen atoms in total. The van der Waals surface area contributed by atoms with Crippen molar-refractivity contribution in [2.45, 2.75) is 18.9 Å². The zero-order valence-electron chi connectivity index (χ0n) is 14.0. The minimum atomic E-state index is -0.799. The largest absolute Gasteiger partial charge is 0.447 e. The fourth-order valence-electron chi connectivity index (χ4n) is 2.46. The van der Waals surface area contributed by atoms with Gasteiger partial charge in [0, 0.05) is 0 Å². The molecule has 0 unspecified atom stereocenters. The van der Waals surface area contributed by atoms with E-state index in [4.69, 9.17) is 9.84 Å². The highest BCUT2D eigenvalue weighted by Gasteiger charge is 2.37. The van der Waals surface area contributed by atoms with Crippen molar-refractivity contribution in [2.24, 2.45) is 0 Å². The maximum absolute atomic E-state index is 11.9. The number of benzene rings is 2. The lowest BCUT2D eigenvalue weighted by molar-refractivity contribution is -0.129. The van der Waals surface area contributed by atoms with Gasteiger partial charge in [-0.05, 0) is 24.1 Å². The second-order valence-corrected chi connectivity index (χ2v) is 5.57. The Bertz CT molecular complexity index is 718. The molecule has 26 heavy (non-hydrogen) atoms. The molecule has 1 atom stereocenters. The molecule has 0 bridgehead atoms. The van der Waals surface area contributed by atoms with Crippen molar-refractivity contribution in [3.63, 3.8) is 0 Å². The number of nitrogens with zero attached hydrogens (tertiary/aromatic N) is 1. The molecule has 2 aromatic carbocycles. The van der Waals surface area contributed by atoms with E-state index in [1.807, 2.05) is 30.3 Å². The first-order valence-electron chi connectivity index (χ1n) is 8.06. The number of aliphatic hydroxyl groups is 1. The molecule has 0 saturated carbocycles. The van der Waals surface area contributed by atoms with Gasteiger partial charge in [0.15, 0.2) is 11.6 Å². The Morgan fingerprint density at radius 1 is 1.08 bits per heavy atom. The number of aliphatic hydroxyl groups excluding tert-OH is 1. The van der Waals surface area contributed by atoms with Gasteiger partial charge >= 0.3 is 6.09 Å². The van der Waals surface area contributed by atoms with Crippen molar-refractivity contribution in [1.82, 2.24) is 4.90 Å². The van der Waals surface area contributed by atoms with Gasteiger partial charge in [-0.3, -0.25) is 4.79 Å². The molecule has 1 aliphatic heterocycles. The molecule has 138 valence electrons. The number of halogens is 2. The summed E-state index contributed by atoms with van der Waals surface area (Å²) < 4.78 is 28.8. The van der Waals surface area contributed by atoms with Gasteiger partial charge in [0.2, 0.25) is 5.91 Å². The van der Waals surface area contributed by atoms with Crippen LogP contribution in [-0.4, -0.2) is 41.3 Å². The number of amides is 2. The van der Waals surface area contributed by atoms with Crippen LogP contribution in [0.1, 0.15) is 12.0 Å². The first kappa shape index (κ1) is 19.5. The van der Waals surface area contributed by atoms with Crippen molar-refractivity contribution in [3.8, 4) is 0 Å². The van der Waals surface area contributed by atoms with Crippen LogP contribution in [0.5, 0.6) is 0 Å². The number of ether oxygens (including phenoxy) is 1. The number of rotatable bonds is 4. The highest BCUT2D eigenvalue weighted by atomic mass is 19.2. The van der Waals surface area contributed by atoms with Crippen LogP contribution in [0.15, 0.2) is 54.6 Å². The molecule has 0 spiro atoms. The molecule has 1 N–H and O–H groups in total. The van der Waals surface area contributed by atoms with Gasteiger partial charge in [-0.25, -0.2) is 18.5 Å². The molecule has 2 aromatic rings. The molecule has 3 rings (SSSR count). The number of carbonyl (C=O) groups excluding carboxylic acids is 2. The van der Waals surface area contributed by atoms with E-state index in [1.54, 1.807) is 0 Å². The van der Waals surface area contributed by atoms with Gasteiger partial charge in [0.1, 0.15) is 6.61 Å².